The summed E-state index contributed by atoms with van der Waals surface area (Å²) >= 11 is 0. The Morgan fingerprint density at radius 3 is 2.13 bits per heavy atom. The molecule has 1 aliphatic rings. The number of rotatable bonds is 7. The van der Waals surface area contributed by atoms with Crippen LogP contribution in [0.5, 0.6) is 0 Å². The van der Waals surface area contributed by atoms with Crippen molar-refractivity contribution in [2.45, 2.75) is 77.2 Å². The fourth-order valence-electron chi connectivity index (χ4n) is 4.64. The summed E-state index contributed by atoms with van der Waals surface area (Å²) < 4.78 is 29.1. The van der Waals surface area contributed by atoms with Crippen molar-refractivity contribution in [2.75, 3.05) is 11.9 Å². The molecule has 0 heterocycles. The molecule has 0 aliphatic heterocycles. The molecule has 1 N–H and O–H groups in total. The number of benzene rings is 2. The summed E-state index contributed by atoms with van der Waals surface area (Å²) in [7, 11) is -3.80. The van der Waals surface area contributed by atoms with Crippen LogP contribution < -0.4 is 5.32 Å². The minimum atomic E-state index is -3.80. The maximum Gasteiger partial charge on any atom is 0.244 e. The number of nitrogens with zero attached hydrogens (tertiary/aromatic N) is 1. The molecule has 3 rings (SSSR count). The minimum absolute atomic E-state index is 0.146. The lowest BCUT2D eigenvalue weighted by atomic mass is 9.95. The van der Waals surface area contributed by atoms with Gasteiger partial charge in [0.1, 0.15) is 0 Å². The second-order valence-corrected chi connectivity index (χ2v) is 10.5. The monoisotopic (exact) mass is 442 g/mol. The minimum Gasteiger partial charge on any atom is -0.325 e. The molecule has 1 fully saturated rings. The van der Waals surface area contributed by atoms with Crippen LogP contribution in [0.25, 0.3) is 0 Å². The van der Waals surface area contributed by atoms with Gasteiger partial charge in [-0.2, -0.15) is 4.31 Å². The number of hydrogen-bond acceptors (Lipinski definition) is 3. The summed E-state index contributed by atoms with van der Waals surface area (Å²) in [6, 6.07) is 11.3. The molecule has 6 heteroatoms. The zero-order valence-corrected chi connectivity index (χ0v) is 19.9. The van der Waals surface area contributed by atoms with Gasteiger partial charge in [-0.15, -0.1) is 0 Å². The van der Waals surface area contributed by atoms with E-state index < -0.39 is 10.0 Å². The van der Waals surface area contributed by atoms with Crippen LogP contribution in [0.4, 0.5) is 5.69 Å². The lowest BCUT2D eigenvalue weighted by Crippen LogP contribution is -2.46. The van der Waals surface area contributed by atoms with Crippen molar-refractivity contribution >= 4 is 21.6 Å². The van der Waals surface area contributed by atoms with E-state index in [1.165, 1.54) is 9.87 Å². The normalized spacial score (nSPS) is 15.3. The Labute approximate surface area is 186 Å². The van der Waals surface area contributed by atoms with Gasteiger partial charge in [-0.1, -0.05) is 56.0 Å². The zero-order valence-electron chi connectivity index (χ0n) is 19.1. The van der Waals surface area contributed by atoms with Crippen LogP contribution in [0.1, 0.15) is 61.3 Å². The molecule has 1 amide bonds. The van der Waals surface area contributed by atoms with E-state index in [1.807, 2.05) is 57.2 Å². The number of carbonyl (C=O) groups excluding carboxylic acids is 1. The maximum atomic E-state index is 13.8. The van der Waals surface area contributed by atoms with Gasteiger partial charge in [0.2, 0.25) is 15.9 Å². The number of carbonyl (C=O) groups is 1. The van der Waals surface area contributed by atoms with Crippen LogP contribution in [0.2, 0.25) is 0 Å². The number of anilines is 1. The Kier molecular flexibility index (Phi) is 7.55. The van der Waals surface area contributed by atoms with Crippen LogP contribution in [0, 0.1) is 20.8 Å². The quantitative estimate of drug-likeness (QED) is 0.646. The van der Waals surface area contributed by atoms with Crippen LogP contribution >= 0.6 is 0 Å². The molecule has 1 aliphatic carbocycles. The van der Waals surface area contributed by atoms with Gasteiger partial charge in [0, 0.05) is 11.7 Å². The highest BCUT2D eigenvalue weighted by Crippen LogP contribution is 2.31. The van der Waals surface area contributed by atoms with E-state index in [9.17, 15) is 13.2 Å². The van der Waals surface area contributed by atoms with E-state index in [-0.39, 0.29) is 18.5 Å². The molecule has 0 radical (unpaired) electrons. The molecule has 31 heavy (non-hydrogen) atoms. The van der Waals surface area contributed by atoms with E-state index in [1.54, 1.807) is 0 Å². The Balaban J connectivity index is 1.90. The predicted molar refractivity (Wildman–Crippen MR) is 126 cm³/mol. The fourth-order valence-corrected chi connectivity index (χ4v) is 6.69. The first-order valence-electron chi connectivity index (χ1n) is 11.2. The number of amides is 1. The third kappa shape index (κ3) is 5.55. The summed E-state index contributed by atoms with van der Waals surface area (Å²) in [5.74, 6) is -0.305. The highest BCUT2D eigenvalue weighted by atomic mass is 32.2. The first-order chi connectivity index (χ1) is 14.7. The number of aryl methyl sites for hydroxylation is 4. The largest absolute Gasteiger partial charge is 0.325 e. The van der Waals surface area contributed by atoms with Crippen molar-refractivity contribution in [2.24, 2.45) is 0 Å². The lowest BCUT2D eigenvalue weighted by molar-refractivity contribution is -0.116. The van der Waals surface area contributed by atoms with E-state index >= 15 is 0 Å². The molecular formula is C25H34N2O3S. The van der Waals surface area contributed by atoms with Gasteiger partial charge in [0.05, 0.1) is 11.4 Å². The molecule has 0 atom stereocenters. The Hall–Kier alpha value is -2.18. The van der Waals surface area contributed by atoms with Gasteiger partial charge in [-0.05, 0) is 68.9 Å². The number of hydrogen-bond donors (Lipinski definition) is 1. The fraction of sp³-hybridized carbons (Fsp3) is 0.480. The maximum absolute atomic E-state index is 13.8. The molecule has 0 unspecified atom stereocenters. The van der Waals surface area contributed by atoms with Crippen molar-refractivity contribution in [3.05, 3.63) is 58.7 Å². The molecule has 1 saturated carbocycles. The first-order valence-corrected chi connectivity index (χ1v) is 12.6. The van der Waals surface area contributed by atoms with Crippen molar-refractivity contribution in [3.63, 3.8) is 0 Å². The standard InChI is InChI=1S/C25H34N2O3S/c1-5-21-11-13-22(14-12-21)26-24(28)17-27(23-9-7-6-8-10-23)31(29,30)25-19(3)15-18(2)16-20(25)4/h11-16,23H,5-10,17H2,1-4H3,(H,26,28). The van der Waals surface area contributed by atoms with Gasteiger partial charge in [0.15, 0.2) is 0 Å². The van der Waals surface area contributed by atoms with Crippen LogP contribution in [-0.4, -0.2) is 31.2 Å². The molecule has 2 aromatic carbocycles. The third-order valence-electron chi connectivity index (χ3n) is 6.10. The molecule has 0 bridgehead atoms. The zero-order chi connectivity index (χ0) is 22.6. The van der Waals surface area contributed by atoms with E-state index in [0.717, 1.165) is 55.2 Å². The van der Waals surface area contributed by atoms with Crippen molar-refractivity contribution in [1.29, 1.82) is 0 Å². The summed E-state index contributed by atoms with van der Waals surface area (Å²) in [5, 5.41) is 2.88. The average molecular weight is 443 g/mol. The number of sulfonamides is 1. The first kappa shape index (κ1) is 23.5. The van der Waals surface area contributed by atoms with Gasteiger partial charge >= 0.3 is 0 Å². The third-order valence-corrected chi connectivity index (χ3v) is 8.30. The van der Waals surface area contributed by atoms with Crippen molar-refractivity contribution in [1.82, 2.24) is 4.31 Å². The Morgan fingerprint density at radius 2 is 1.58 bits per heavy atom. The second-order valence-electron chi connectivity index (χ2n) is 8.67. The van der Waals surface area contributed by atoms with E-state index in [2.05, 4.69) is 12.2 Å². The Morgan fingerprint density at radius 1 is 1.00 bits per heavy atom. The molecule has 0 aromatic heterocycles. The SMILES string of the molecule is CCc1ccc(NC(=O)CN(C2CCCCC2)S(=O)(=O)c2c(C)cc(C)cc2C)cc1. The van der Waals surface area contributed by atoms with Crippen LogP contribution in [-0.2, 0) is 21.2 Å². The summed E-state index contributed by atoms with van der Waals surface area (Å²) in [4.78, 5) is 13.2. The van der Waals surface area contributed by atoms with E-state index in [0.29, 0.717) is 10.6 Å². The summed E-state index contributed by atoms with van der Waals surface area (Å²) in [6.45, 7) is 7.54. The summed E-state index contributed by atoms with van der Waals surface area (Å²) in [5.41, 5.74) is 4.37. The Bertz CT molecular complexity index is 1000. The molecule has 0 spiro atoms. The molecule has 168 valence electrons. The highest BCUT2D eigenvalue weighted by molar-refractivity contribution is 7.89. The topological polar surface area (TPSA) is 66.5 Å². The number of nitrogens with one attached hydrogen (secondary N) is 1. The van der Waals surface area contributed by atoms with Gasteiger partial charge in [-0.3, -0.25) is 4.79 Å². The van der Waals surface area contributed by atoms with Gasteiger partial charge in [0.25, 0.3) is 0 Å². The van der Waals surface area contributed by atoms with Crippen molar-refractivity contribution in [3.8, 4) is 0 Å². The molecular weight excluding hydrogens is 408 g/mol. The molecule has 0 saturated heterocycles. The highest BCUT2D eigenvalue weighted by Gasteiger charge is 2.35. The molecule has 2 aromatic rings. The smallest absolute Gasteiger partial charge is 0.244 e. The van der Waals surface area contributed by atoms with Gasteiger partial charge < -0.3 is 5.32 Å². The van der Waals surface area contributed by atoms with Crippen molar-refractivity contribution < 1.29 is 13.2 Å². The average Bonchev–Trinajstić information content (AvgIpc) is 2.72. The van der Waals surface area contributed by atoms with Crippen LogP contribution in [0.15, 0.2) is 41.3 Å². The van der Waals surface area contributed by atoms with Crippen LogP contribution in [0.3, 0.4) is 0 Å². The van der Waals surface area contributed by atoms with E-state index in [4.69, 9.17) is 0 Å². The van der Waals surface area contributed by atoms with Gasteiger partial charge in [-0.25, -0.2) is 8.42 Å². The lowest BCUT2D eigenvalue weighted by Gasteiger charge is -2.33. The summed E-state index contributed by atoms with van der Waals surface area (Å²) in [6.07, 6.45) is 5.61. The second kappa shape index (κ2) is 9.96. The molecule has 5 nitrogen and oxygen atoms in total. The predicted octanol–water partition coefficient (Wildman–Crippen LogP) is 5.14.